The molecule has 82 valence electrons. The molecule has 0 atom stereocenters. The maximum Gasteiger partial charge on any atom is 0.200 e. The van der Waals surface area contributed by atoms with E-state index in [1.165, 1.54) is 32.1 Å². The van der Waals surface area contributed by atoms with Crippen LogP contribution in [0.1, 0.15) is 55.6 Å². The molecule has 1 aromatic heterocycles. The van der Waals surface area contributed by atoms with Crippen LogP contribution in [-0.2, 0) is 0 Å². The second kappa shape index (κ2) is 3.97. The van der Waals surface area contributed by atoms with Crippen LogP contribution >= 0.6 is 0 Å². The Kier molecular flexibility index (Phi) is 2.49. The minimum atomic E-state index is 0.530. The smallest absolute Gasteiger partial charge is 0.200 e. The van der Waals surface area contributed by atoms with Gasteiger partial charge in [0.15, 0.2) is 5.89 Å². The Morgan fingerprint density at radius 2 is 1.93 bits per heavy atom. The molecule has 0 radical (unpaired) electrons. The SMILES string of the molecule is c1nc(C2CNC2)oc1C1CCCCC1. The molecule has 0 aromatic carbocycles. The zero-order chi connectivity index (χ0) is 10.1. The molecule has 1 N–H and O–H groups in total. The van der Waals surface area contributed by atoms with Crippen LogP contribution in [0.5, 0.6) is 0 Å². The van der Waals surface area contributed by atoms with Gasteiger partial charge < -0.3 is 9.73 Å². The summed E-state index contributed by atoms with van der Waals surface area (Å²) in [5.74, 6) is 3.27. The quantitative estimate of drug-likeness (QED) is 0.807. The highest BCUT2D eigenvalue weighted by atomic mass is 16.4. The Hall–Kier alpha value is -0.830. The molecule has 15 heavy (non-hydrogen) atoms. The van der Waals surface area contributed by atoms with Crippen molar-refractivity contribution in [2.24, 2.45) is 0 Å². The first-order chi connectivity index (χ1) is 7.43. The molecule has 3 nitrogen and oxygen atoms in total. The standard InChI is InChI=1S/C12H18N2O/c1-2-4-9(5-3-1)11-8-14-12(15-11)10-6-13-7-10/h8-10,13H,1-7H2. The first kappa shape index (κ1) is 9.40. The van der Waals surface area contributed by atoms with E-state index < -0.39 is 0 Å². The lowest BCUT2D eigenvalue weighted by atomic mass is 9.88. The van der Waals surface area contributed by atoms with Gasteiger partial charge in [-0.2, -0.15) is 0 Å². The average molecular weight is 206 g/mol. The summed E-state index contributed by atoms with van der Waals surface area (Å²) in [6.07, 6.45) is 8.64. The van der Waals surface area contributed by atoms with Crippen LogP contribution in [0.2, 0.25) is 0 Å². The van der Waals surface area contributed by atoms with E-state index in [1.807, 2.05) is 6.20 Å². The van der Waals surface area contributed by atoms with Crippen LogP contribution in [0, 0.1) is 0 Å². The van der Waals surface area contributed by atoms with Crippen LogP contribution in [0.25, 0.3) is 0 Å². The summed E-state index contributed by atoms with van der Waals surface area (Å²) in [7, 11) is 0. The minimum absolute atomic E-state index is 0.530. The molecule has 0 spiro atoms. The lowest BCUT2D eigenvalue weighted by Gasteiger charge is -2.24. The van der Waals surface area contributed by atoms with Crippen LogP contribution in [0.3, 0.4) is 0 Å². The van der Waals surface area contributed by atoms with Crippen molar-refractivity contribution in [3.05, 3.63) is 17.8 Å². The highest BCUT2D eigenvalue weighted by molar-refractivity contribution is 5.08. The third kappa shape index (κ3) is 1.81. The third-order valence-electron chi connectivity index (χ3n) is 3.68. The van der Waals surface area contributed by atoms with Gasteiger partial charge in [-0.15, -0.1) is 0 Å². The summed E-state index contributed by atoms with van der Waals surface area (Å²) >= 11 is 0. The lowest BCUT2D eigenvalue weighted by Crippen LogP contribution is -2.40. The predicted octanol–water partition coefficient (Wildman–Crippen LogP) is 2.41. The van der Waals surface area contributed by atoms with Gasteiger partial charge in [0, 0.05) is 19.0 Å². The normalized spacial score (nSPS) is 24.0. The number of rotatable bonds is 2. The molecule has 0 unspecified atom stereocenters. The molecule has 1 aliphatic carbocycles. The van der Waals surface area contributed by atoms with Crippen molar-refractivity contribution in [1.82, 2.24) is 10.3 Å². The van der Waals surface area contributed by atoms with Crippen molar-refractivity contribution >= 4 is 0 Å². The first-order valence-corrected chi connectivity index (χ1v) is 6.10. The van der Waals surface area contributed by atoms with E-state index >= 15 is 0 Å². The van der Waals surface area contributed by atoms with Gasteiger partial charge in [0.25, 0.3) is 0 Å². The van der Waals surface area contributed by atoms with Gasteiger partial charge in [0.1, 0.15) is 5.76 Å². The Bertz CT molecular complexity index is 324. The van der Waals surface area contributed by atoms with Crippen LogP contribution in [0.15, 0.2) is 10.6 Å². The van der Waals surface area contributed by atoms with Crippen molar-refractivity contribution < 1.29 is 4.42 Å². The summed E-state index contributed by atoms with van der Waals surface area (Å²) < 4.78 is 5.88. The van der Waals surface area contributed by atoms with Gasteiger partial charge in [0.2, 0.25) is 0 Å². The van der Waals surface area contributed by atoms with E-state index in [4.69, 9.17) is 4.42 Å². The number of oxazole rings is 1. The summed E-state index contributed by atoms with van der Waals surface area (Å²) in [5.41, 5.74) is 0. The van der Waals surface area contributed by atoms with Gasteiger partial charge in [-0.1, -0.05) is 19.3 Å². The Morgan fingerprint density at radius 3 is 2.60 bits per heavy atom. The molecular formula is C12H18N2O. The fourth-order valence-corrected chi connectivity index (χ4v) is 2.53. The van der Waals surface area contributed by atoms with E-state index in [1.54, 1.807) is 0 Å². The zero-order valence-electron chi connectivity index (χ0n) is 9.04. The van der Waals surface area contributed by atoms with E-state index in [9.17, 15) is 0 Å². The van der Waals surface area contributed by atoms with Crippen LogP contribution < -0.4 is 5.32 Å². The highest BCUT2D eigenvalue weighted by Crippen LogP contribution is 2.34. The van der Waals surface area contributed by atoms with Crippen molar-refractivity contribution in [1.29, 1.82) is 0 Å². The summed E-state index contributed by atoms with van der Waals surface area (Å²) in [6, 6.07) is 0. The third-order valence-corrected chi connectivity index (χ3v) is 3.68. The van der Waals surface area contributed by atoms with Crippen molar-refractivity contribution in [2.75, 3.05) is 13.1 Å². The molecule has 3 heteroatoms. The molecule has 3 rings (SSSR count). The van der Waals surface area contributed by atoms with Gasteiger partial charge in [-0.05, 0) is 12.8 Å². The van der Waals surface area contributed by atoms with Crippen molar-refractivity contribution in [3.8, 4) is 0 Å². The molecule has 1 aromatic rings. The number of nitrogens with zero attached hydrogens (tertiary/aromatic N) is 1. The van der Waals surface area contributed by atoms with Crippen LogP contribution in [0.4, 0.5) is 0 Å². The second-order valence-electron chi connectivity index (χ2n) is 4.79. The molecule has 2 fully saturated rings. The molecule has 1 aliphatic heterocycles. The minimum Gasteiger partial charge on any atom is -0.445 e. The summed E-state index contributed by atoms with van der Waals surface area (Å²) in [6.45, 7) is 2.06. The molecule has 0 bridgehead atoms. The van der Waals surface area contributed by atoms with Crippen molar-refractivity contribution in [2.45, 2.75) is 43.9 Å². The maximum atomic E-state index is 5.88. The van der Waals surface area contributed by atoms with Crippen molar-refractivity contribution in [3.63, 3.8) is 0 Å². The Morgan fingerprint density at radius 1 is 1.13 bits per heavy atom. The van der Waals surface area contributed by atoms with Gasteiger partial charge in [0.05, 0.1) is 12.1 Å². The summed E-state index contributed by atoms with van der Waals surface area (Å²) in [4.78, 5) is 4.41. The number of aromatic nitrogens is 1. The van der Waals surface area contributed by atoms with Gasteiger partial charge in [-0.3, -0.25) is 0 Å². The number of hydrogen-bond acceptors (Lipinski definition) is 3. The van der Waals surface area contributed by atoms with E-state index in [2.05, 4.69) is 10.3 Å². The Balaban J connectivity index is 1.71. The molecule has 0 amide bonds. The van der Waals surface area contributed by atoms with Gasteiger partial charge >= 0.3 is 0 Å². The maximum absolute atomic E-state index is 5.88. The fourth-order valence-electron chi connectivity index (χ4n) is 2.53. The monoisotopic (exact) mass is 206 g/mol. The number of hydrogen-bond donors (Lipinski definition) is 1. The lowest BCUT2D eigenvalue weighted by molar-refractivity contribution is 0.317. The largest absolute Gasteiger partial charge is 0.445 e. The molecule has 2 aliphatic rings. The highest BCUT2D eigenvalue weighted by Gasteiger charge is 2.26. The fraction of sp³-hybridized carbons (Fsp3) is 0.750. The zero-order valence-corrected chi connectivity index (χ0v) is 9.04. The van der Waals surface area contributed by atoms with Crippen LogP contribution in [-0.4, -0.2) is 18.1 Å². The molecule has 1 saturated carbocycles. The second-order valence-corrected chi connectivity index (χ2v) is 4.79. The average Bonchev–Trinajstić information content (AvgIpc) is 2.66. The molecule has 1 saturated heterocycles. The predicted molar refractivity (Wildman–Crippen MR) is 57.9 cm³/mol. The molecular weight excluding hydrogens is 188 g/mol. The number of nitrogens with one attached hydrogen (secondary N) is 1. The molecule has 2 heterocycles. The first-order valence-electron chi connectivity index (χ1n) is 6.10. The topological polar surface area (TPSA) is 38.1 Å². The van der Waals surface area contributed by atoms with E-state index in [-0.39, 0.29) is 0 Å². The van der Waals surface area contributed by atoms with Gasteiger partial charge in [-0.25, -0.2) is 4.98 Å². The van der Waals surface area contributed by atoms with E-state index in [0.717, 1.165) is 24.7 Å². The summed E-state index contributed by atoms with van der Waals surface area (Å²) in [5, 5.41) is 3.25. The Labute approximate surface area is 90.3 Å². The van der Waals surface area contributed by atoms with E-state index in [0.29, 0.717) is 11.8 Å².